The van der Waals surface area contributed by atoms with Gasteiger partial charge >= 0.3 is 0 Å². The van der Waals surface area contributed by atoms with Crippen LogP contribution in [0, 0.1) is 11.3 Å². The topological polar surface area (TPSA) is 74.5 Å². The fourth-order valence-electron chi connectivity index (χ4n) is 1.74. The number of hydrogen-bond donors (Lipinski definition) is 1. The van der Waals surface area contributed by atoms with Crippen molar-refractivity contribution in [2.45, 2.75) is 25.8 Å². The molecule has 5 nitrogen and oxygen atoms in total. The van der Waals surface area contributed by atoms with Crippen molar-refractivity contribution < 1.29 is 9.53 Å². The standard InChI is InChI=1S/C14H15N3O2/c1-14(2)9-19-13(17-14)10-4-3-5-11(8-10)16-12(18)6-7-15/h3-5,8H,6,9H2,1-2H3,(H,16,18). The molecule has 5 heteroatoms. The minimum Gasteiger partial charge on any atom is -0.475 e. The van der Waals surface area contributed by atoms with Crippen LogP contribution in [0.1, 0.15) is 25.8 Å². The Labute approximate surface area is 111 Å². The largest absolute Gasteiger partial charge is 0.475 e. The number of rotatable bonds is 3. The Morgan fingerprint density at radius 3 is 3.00 bits per heavy atom. The van der Waals surface area contributed by atoms with Gasteiger partial charge in [-0.05, 0) is 32.0 Å². The Morgan fingerprint density at radius 2 is 2.37 bits per heavy atom. The highest BCUT2D eigenvalue weighted by Gasteiger charge is 2.27. The van der Waals surface area contributed by atoms with Crippen LogP contribution in [0.25, 0.3) is 0 Å². The molecule has 1 heterocycles. The first kappa shape index (κ1) is 13.1. The molecule has 0 fully saturated rings. The van der Waals surface area contributed by atoms with E-state index in [4.69, 9.17) is 10.00 Å². The minimum absolute atomic E-state index is 0.158. The summed E-state index contributed by atoms with van der Waals surface area (Å²) in [6.45, 7) is 4.55. The summed E-state index contributed by atoms with van der Waals surface area (Å²) in [6.07, 6.45) is -0.158. The fraction of sp³-hybridized carbons (Fsp3) is 0.357. The molecule has 0 saturated carbocycles. The van der Waals surface area contributed by atoms with Crippen molar-refractivity contribution >= 4 is 17.5 Å². The lowest BCUT2D eigenvalue weighted by molar-refractivity contribution is -0.115. The van der Waals surface area contributed by atoms with Crippen molar-refractivity contribution in [1.82, 2.24) is 0 Å². The van der Waals surface area contributed by atoms with Crippen molar-refractivity contribution in [3.8, 4) is 6.07 Å². The second-order valence-corrected chi connectivity index (χ2v) is 4.98. The maximum Gasteiger partial charge on any atom is 0.238 e. The van der Waals surface area contributed by atoms with Crippen molar-refractivity contribution in [2.24, 2.45) is 4.99 Å². The monoisotopic (exact) mass is 257 g/mol. The van der Waals surface area contributed by atoms with Gasteiger partial charge in [-0.3, -0.25) is 4.79 Å². The van der Waals surface area contributed by atoms with E-state index in [1.54, 1.807) is 12.1 Å². The number of anilines is 1. The van der Waals surface area contributed by atoms with E-state index >= 15 is 0 Å². The zero-order chi connectivity index (χ0) is 13.9. The molecule has 1 amide bonds. The van der Waals surface area contributed by atoms with Crippen LogP contribution in [0.3, 0.4) is 0 Å². The number of aliphatic imine (C=N–C) groups is 1. The van der Waals surface area contributed by atoms with Gasteiger partial charge in [-0.2, -0.15) is 5.26 Å². The second kappa shape index (κ2) is 5.11. The Kier molecular flexibility index (Phi) is 3.52. The molecule has 0 radical (unpaired) electrons. The van der Waals surface area contributed by atoms with Crippen molar-refractivity contribution in [2.75, 3.05) is 11.9 Å². The van der Waals surface area contributed by atoms with Crippen molar-refractivity contribution in [3.05, 3.63) is 29.8 Å². The first-order chi connectivity index (χ1) is 9.00. The molecule has 0 unspecified atom stereocenters. The predicted molar refractivity (Wildman–Crippen MR) is 71.9 cm³/mol. The van der Waals surface area contributed by atoms with Crippen LogP contribution in [-0.2, 0) is 9.53 Å². The quantitative estimate of drug-likeness (QED) is 0.901. The average molecular weight is 257 g/mol. The second-order valence-electron chi connectivity index (χ2n) is 4.98. The third-order valence-electron chi connectivity index (χ3n) is 2.60. The Morgan fingerprint density at radius 1 is 1.58 bits per heavy atom. The zero-order valence-corrected chi connectivity index (χ0v) is 10.9. The number of carbonyl (C=O) groups excluding carboxylic acids is 1. The zero-order valence-electron chi connectivity index (χ0n) is 10.9. The number of nitrogens with one attached hydrogen (secondary N) is 1. The van der Waals surface area contributed by atoms with Crippen LogP contribution < -0.4 is 5.32 Å². The number of amides is 1. The smallest absolute Gasteiger partial charge is 0.238 e. The fourth-order valence-corrected chi connectivity index (χ4v) is 1.74. The molecule has 0 aliphatic carbocycles. The molecule has 19 heavy (non-hydrogen) atoms. The SMILES string of the molecule is CC1(C)COC(c2cccc(NC(=O)CC#N)c2)=N1. The first-order valence-corrected chi connectivity index (χ1v) is 6.00. The summed E-state index contributed by atoms with van der Waals surface area (Å²) in [6, 6.07) is 9.05. The van der Waals surface area contributed by atoms with E-state index < -0.39 is 0 Å². The van der Waals surface area contributed by atoms with Gasteiger partial charge in [-0.1, -0.05) is 6.07 Å². The third kappa shape index (κ3) is 3.32. The lowest BCUT2D eigenvalue weighted by atomic mass is 10.1. The lowest BCUT2D eigenvalue weighted by Crippen LogP contribution is -2.17. The van der Waals surface area contributed by atoms with Gasteiger partial charge in [0.1, 0.15) is 13.0 Å². The molecule has 1 aromatic carbocycles. The number of benzene rings is 1. The molecule has 0 saturated heterocycles. The van der Waals surface area contributed by atoms with E-state index in [2.05, 4.69) is 10.3 Å². The van der Waals surface area contributed by atoms with E-state index in [1.165, 1.54) is 0 Å². The number of nitriles is 1. The lowest BCUT2D eigenvalue weighted by Gasteiger charge is -2.07. The van der Waals surface area contributed by atoms with E-state index in [0.29, 0.717) is 18.2 Å². The van der Waals surface area contributed by atoms with Crippen molar-refractivity contribution in [3.63, 3.8) is 0 Å². The van der Waals surface area contributed by atoms with Crippen LogP contribution in [0.2, 0.25) is 0 Å². The highest BCUT2D eigenvalue weighted by molar-refractivity contribution is 5.98. The Balaban J connectivity index is 2.17. The summed E-state index contributed by atoms with van der Waals surface area (Å²) in [5, 5.41) is 11.1. The highest BCUT2D eigenvalue weighted by atomic mass is 16.5. The third-order valence-corrected chi connectivity index (χ3v) is 2.60. The van der Waals surface area contributed by atoms with Gasteiger partial charge in [-0.25, -0.2) is 4.99 Å². The maximum absolute atomic E-state index is 11.4. The number of carbonyl (C=O) groups is 1. The molecule has 98 valence electrons. The highest BCUT2D eigenvalue weighted by Crippen LogP contribution is 2.22. The summed E-state index contributed by atoms with van der Waals surface area (Å²) in [4.78, 5) is 15.8. The molecule has 2 rings (SSSR count). The number of nitrogens with zero attached hydrogens (tertiary/aromatic N) is 2. The van der Waals surface area contributed by atoms with Gasteiger partial charge in [0.25, 0.3) is 0 Å². The van der Waals surface area contributed by atoms with E-state index in [0.717, 1.165) is 5.56 Å². The van der Waals surface area contributed by atoms with Gasteiger partial charge in [-0.15, -0.1) is 0 Å². The Hall–Kier alpha value is -2.35. The van der Waals surface area contributed by atoms with Crippen LogP contribution in [0.5, 0.6) is 0 Å². The molecule has 0 atom stereocenters. The summed E-state index contributed by atoms with van der Waals surface area (Å²) in [5.74, 6) is 0.260. The Bertz CT molecular complexity index is 570. The summed E-state index contributed by atoms with van der Waals surface area (Å²) >= 11 is 0. The van der Waals surface area contributed by atoms with Gasteiger partial charge in [0.15, 0.2) is 0 Å². The summed E-state index contributed by atoms with van der Waals surface area (Å²) < 4.78 is 5.55. The molecule has 1 aliphatic heterocycles. The molecule has 1 aromatic rings. The van der Waals surface area contributed by atoms with Crippen LogP contribution in [0.15, 0.2) is 29.3 Å². The van der Waals surface area contributed by atoms with Gasteiger partial charge < -0.3 is 10.1 Å². The van der Waals surface area contributed by atoms with Crippen LogP contribution in [-0.4, -0.2) is 24.0 Å². The van der Waals surface area contributed by atoms with Crippen LogP contribution in [0.4, 0.5) is 5.69 Å². The predicted octanol–water partition coefficient (Wildman–Crippen LogP) is 2.09. The molecule has 0 aromatic heterocycles. The number of hydrogen-bond acceptors (Lipinski definition) is 4. The van der Waals surface area contributed by atoms with Crippen LogP contribution >= 0.6 is 0 Å². The van der Waals surface area contributed by atoms with Gasteiger partial charge in [0.2, 0.25) is 11.8 Å². The molecule has 0 bridgehead atoms. The van der Waals surface area contributed by atoms with E-state index in [1.807, 2.05) is 32.0 Å². The van der Waals surface area contributed by atoms with E-state index in [-0.39, 0.29) is 17.9 Å². The maximum atomic E-state index is 11.4. The first-order valence-electron chi connectivity index (χ1n) is 6.00. The summed E-state index contributed by atoms with van der Waals surface area (Å²) in [7, 11) is 0. The van der Waals surface area contributed by atoms with Crippen molar-refractivity contribution in [1.29, 1.82) is 5.26 Å². The number of ether oxygens (including phenoxy) is 1. The minimum atomic E-state index is -0.325. The van der Waals surface area contributed by atoms with E-state index in [9.17, 15) is 4.79 Å². The molecule has 0 spiro atoms. The molecular formula is C14H15N3O2. The van der Waals surface area contributed by atoms with Gasteiger partial charge in [0.05, 0.1) is 11.6 Å². The van der Waals surface area contributed by atoms with Gasteiger partial charge in [0, 0.05) is 11.3 Å². The molecule has 1 N–H and O–H groups in total. The summed E-state index contributed by atoms with van der Waals surface area (Å²) in [5.41, 5.74) is 1.24. The normalized spacial score (nSPS) is 16.2. The molecule has 1 aliphatic rings. The average Bonchev–Trinajstić information content (AvgIpc) is 2.70. The molecular weight excluding hydrogens is 242 g/mol.